The molecule has 0 aliphatic carbocycles. The highest BCUT2D eigenvalue weighted by Crippen LogP contribution is 2.45. The maximum absolute atomic E-state index is 11.3. The normalized spacial score (nSPS) is 20.3. The van der Waals surface area contributed by atoms with E-state index in [1.54, 1.807) is 0 Å². The number of carbonyl (C=O) groups is 1. The average Bonchev–Trinajstić information content (AvgIpc) is 1.99. The lowest BCUT2D eigenvalue weighted by molar-refractivity contribution is -0.140. The van der Waals surface area contributed by atoms with Gasteiger partial charge in [-0.3, -0.25) is 9.36 Å². The number of aliphatic carboxylic acids is 1. The zero-order chi connectivity index (χ0) is 10.6. The molecule has 0 radical (unpaired) electrons. The fraction of sp³-hybridized carbons (Fsp3) is 0.833. The maximum Gasteiger partial charge on any atom is 0.308 e. The van der Waals surface area contributed by atoms with Gasteiger partial charge in [0, 0.05) is 12.0 Å². The van der Waals surface area contributed by atoms with Crippen LogP contribution in [0.3, 0.4) is 0 Å². The first-order valence-electron chi connectivity index (χ1n) is 3.67. The van der Waals surface area contributed by atoms with E-state index in [9.17, 15) is 14.3 Å². The van der Waals surface area contributed by atoms with Gasteiger partial charge >= 0.3 is 5.97 Å². The number of alkyl halides is 1. The third-order valence-electron chi connectivity index (χ3n) is 1.65. The Kier molecular flexibility index (Phi) is 4.92. The van der Waals surface area contributed by atoms with Gasteiger partial charge in [0.1, 0.15) is 0 Å². The molecule has 0 aromatic heterocycles. The summed E-state index contributed by atoms with van der Waals surface area (Å²) >= 11 is 5.32. The molecular weight excluding hydrogens is 216 g/mol. The molecule has 78 valence electrons. The highest BCUT2D eigenvalue weighted by Gasteiger charge is 2.31. The molecule has 0 aromatic rings. The number of hydrogen-bond donors (Lipinski definition) is 3. The van der Waals surface area contributed by atoms with Crippen LogP contribution in [0.15, 0.2) is 0 Å². The average molecular weight is 230 g/mol. The molecule has 0 amide bonds. The van der Waals surface area contributed by atoms with E-state index in [4.69, 9.17) is 22.4 Å². The Morgan fingerprint density at radius 1 is 1.69 bits per heavy atom. The van der Waals surface area contributed by atoms with Crippen molar-refractivity contribution in [3.8, 4) is 0 Å². The van der Waals surface area contributed by atoms with Gasteiger partial charge in [-0.1, -0.05) is 0 Å². The minimum atomic E-state index is -3.58. The molecule has 0 aliphatic rings. The molecule has 0 aromatic carbocycles. The van der Waals surface area contributed by atoms with Gasteiger partial charge in [-0.25, -0.2) is 0 Å². The van der Waals surface area contributed by atoms with Crippen molar-refractivity contribution in [3.63, 3.8) is 0 Å². The zero-order valence-corrected chi connectivity index (χ0v) is 8.83. The molecule has 0 rings (SSSR count). The van der Waals surface area contributed by atoms with Crippen molar-refractivity contribution in [1.82, 2.24) is 0 Å². The molecule has 0 fully saturated rings. The molecule has 3 unspecified atom stereocenters. The summed E-state index contributed by atoms with van der Waals surface area (Å²) in [6, 6.07) is 0. The first-order chi connectivity index (χ1) is 5.81. The fourth-order valence-corrected chi connectivity index (χ4v) is 2.32. The van der Waals surface area contributed by atoms with Gasteiger partial charge < -0.3 is 15.7 Å². The largest absolute Gasteiger partial charge is 0.481 e. The van der Waals surface area contributed by atoms with Crippen LogP contribution in [0.1, 0.15) is 6.92 Å². The predicted octanol–water partition coefficient (Wildman–Crippen LogP) is 0.501. The van der Waals surface area contributed by atoms with E-state index in [0.717, 1.165) is 0 Å². The first kappa shape index (κ1) is 12.9. The van der Waals surface area contributed by atoms with Gasteiger partial charge in [-0.15, -0.1) is 11.6 Å². The second-order valence-electron chi connectivity index (χ2n) is 2.87. The lowest BCUT2D eigenvalue weighted by Crippen LogP contribution is -2.25. The quantitative estimate of drug-likeness (QED) is 0.471. The molecule has 0 saturated carbocycles. The summed E-state index contributed by atoms with van der Waals surface area (Å²) in [5.74, 6) is -3.29. The summed E-state index contributed by atoms with van der Waals surface area (Å²) in [5.41, 5.74) is 5.22. The molecule has 5 nitrogen and oxygen atoms in total. The molecule has 0 spiro atoms. The number of hydrogen-bond acceptors (Lipinski definition) is 3. The van der Waals surface area contributed by atoms with Crippen molar-refractivity contribution < 1.29 is 19.4 Å². The highest BCUT2D eigenvalue weighted by atomic mass is 35.5. The lowest BCUT2D eigenvalue weighted by atomic mass is 10.2. The number of carboxylic acids is 1. The molecule has 0 heterocycles. The standard InChI is InChI=1S/C6H13ClNO4P/c1-4(8)13(11,12)3-5(2-7)6(9)10/h4-5H,2-3,8H2,1H3,(H,9,10)(H,11,12). The van der Waals surface area contributed by atoms with E-state index in [-0.39, 0.29) is 12.0 Å². The number of carboxylic acid groups (broad SMARTS) is 1. The van der Waals surface area contributed by atoms with Crippen molar-refractivity contribution in [1.29, 1.82) is 0 Å². The molecule has 0 bridgehead atoms. The summed E-state index contributed by atoms with van der Waals surface area (Å²) in [6.07, 6.45) is -0.372. The van der Waals surface area contributed by atoms with Gasteiger partial charge in [0.25, 0.3) is 0 Å². The van der Waals surface area contributed by atoms with Crippen molar-refractivity contribution in [2.75, 3.05) is 12.0 Å². The van der Waals surface area contributed by atoms with Crippen molar-refractivity contribution in [2.24, 2.45) is 11.7 Å². The third-order valence-corrected chi connectivity index (χ3v) is 4.26. The zero-order valence-electron chi connectivity index (χ0n) is 7.18. The molecule has 3 atom stereocenters. The third kappa shape index (κ3) is 4.09. The van der Waals surface area contributed by atoms with Gasteiger partial charge in [-0.2, -0.15) is 0 Å². The van der Waals surface area contributed by atoms with E-state index in [1.165, 1.54) is 6.92 Å². The second-order valence-corrected chi connectivity index (χ2v) is 5.87. The number of rotatable bonds is 5. The molecule has 7 heteroatoms. The van der Waals surface area contributed by atoms with E-state index in [0.29, 0.717) is 0 Å². The van der Waals surface area contributed by atoms with Crippen LogP contribution in [0.2, 0.25) is 0 Å². The van der Waals surface area contributed by atoms with Gasteiger partial charge in [0.05, 0.1) is 11.7 Å². The van der Waals surface area contributed by atoms with Gasteiger partial charge in [-0.05, 0) is 6.92 Å². The Labute approximate surface area is 81.3 Å². The van der Waals surface area contributed by atoms with Crippen molar-refractivity contribution in [3.05, 3.63) is 0 Å². The van der Waals surface area contributed by atoms with Crippen LogP contribution in [0.4, 0.5) is 0 Å². The highest BCUT2D eigenvalue weighted by molar-refractivity contribution is 7.58. The molecule has 4 N–H and O–H groups in total. The minimum absolute atomic E-state index is 0.188. The van der Waals surface area contributed by atoms with Crippen LogP contribution in [0.5, 0.6) is 0 Å². The van der Waals surface area contributed by atoms with Gasteiger partial charge in [0.2, 0.25) is 7.37 Å². The van der Waals surface area contributed by atoms with Crippen LogP contribution in [-0.4, -0.2) is 33.8 Å². The summed E-state index contributed by atoms with van der Waals surface area (Å²) in [5, 5.41) is 8.56. The number of halogens is 1. The van der Waals surface area contributed by atoms with Gasteiger partial charge in [0.15, 0.2) is 0 Å². The van der Waals surface area contributed by atoms with Crippen molar-refractivity contribution >= 4 is 24.9 Å². The SMILES string of the molecule is CC(N)P(=O)(O)CC(CCl)C(=O)O. The lowest BCUT2D eigenvalue weighted by Gasteiger charge is -2.18. The van der Waals surface area contributed by atoms with Crippen molar-refractivity contribution in [2.45, 2.75) is 12.7 Å². The Hall–Kier alpha value is -0.0900. The predicted molar refractivity (Wildman–Crippen MR) is 50.2 cm³/mol. The maximum atomic E-state index is 11.3. The number of nitrogens with two attached hydrogens (primary N) is 1. The Bertz CT molecular complexity index is 233. The summed E-state index contributed by atoms with van der Waals surface area (Å²) in [7, 11) is -3.58. The van der Waals surface area contributed by atoms with Crippen LogP contribution in [0, 0.1) is 5.92 Å². The van der Waals surface area contributed by atoms with E-state index in [2.05, 4.69) is 0 Å². The molecule has 0 aliphatic heterocycles. The monoisotopic (exact) mass is 229 g/mol. The second kappa shape index (κ2) is 4.96. The summed E-state index contributed by atoms with van der Waals surface area (Å²) in [4.78, 5) is 19.7. The Morgan fingerprint density at radius 3 is 2.38 bits per heavy atom. The molecule has 0 saturated heterocycles. The van der Waals surface area contributed by atoms with Crippen LogP contribution < -0.4 is 5.73 Å². The fourth-order valence-electron chi connectivity index (χ4n) is 0.675. The van der Waals surface area contributed by atoms with E-state index in [1.807, 2.05) is 0 Å². The van der Waals surface area contributed by atoms with E-state index < -0.39 is 25.0 Å². The summed E-state index contributed by atoms with van der Waals surface area (Å²) < 4.78 is 11.3. The Morgan fingerprint density at radius 2 is 2.15 bits per heavy atom. The molecular formula is C6H13ClNO4P. The Balaban J connectivity index is 4.40. The van der Waals surface area contributed by atoms with Crippen LogP contribution in [0.25, 0.3) is 0 Å². The summed E-state index contributed by atoms with van der Waals surface area (Å²) in [6.45, 7) is 1.37. The molecule has 13 heavy (non-hydrogen) atoms. The first-order valence-corrected chi connectivity index (χ1v) is 6.12. The van der Waals surface area contributed by atoms with Crippen LogP contribution in [-0.2, 0) is 9.36 Å². The van der Waals surface area contributed by atoms with E-state index >= 15 is 0 Å². The van der Waals surface area contributed by atoms with Crippen LogP contribution >= 0.6 is 19.0 Å². The topological polar surface area (TPSA) is 101 Å². The smallest absolute Gasteiger partial charge is 0.308 e. The minimum Gasteiger partial charge on any atom is -0.481 e.